The molecule has 0 aromatic carbocycles. The van der Waals surface area contributed by atoms with Crippen molar-refractivity contribution in [2.24, 2.45) is 5.92 Å². The molecular formula is C15H29N3O. The lowest BCUT2D eigenvalue weighted by Crippen LogP contribution is -2.53. The van der Waals surface area contributed by atoms with Crippen LogP contribution in [-0.4, -0.2) is 72.5 Å². The number of amides is 1. The number of hydrogen-bond acceptors (Lipinski definition) is 3. The lowest BCUT2D eigenvalue weighted by atomic mass is 9.95. The Morgan fingerprint density at radius 3 is 2.11 bits per heavy atom. The van der Waals surface area contributed by atoms with Gasteiger partial charge in [-0.25, -0.2) is 0 Å². The van der Waals surface area contributed by atoms with Gasteiger partial charge in [-0.3, -0.25) is 9.69 Å². The standard InChI is InChI=1S/C15H29N3O/c1-4-16-7-5-14(6-8-16)15(19)18-11-9-17(10-12-18)13(2)3/h13-14H,4-12H2,1-3H3. The molecule has 0 spiro atoms. The lowest BCUT2D eigenvalue weighted by Gasteiger charge is -2.39. The zero-order chi connectivity index (χ0) is 13.8. The molecule has 4 heteroatoms. The number of rotatable bonds is 3. The van der Waals surface area contributed by atoms with Gasteiger partial charge in [0, 0.05) is 38.1 Å². The Morgan fingerprint density at radius 2 is 1.63 bits per heavy atom. The molecule has 0 aliphatic carbocycles. The van der Waals surface area contributed by atoms with Crippen molar-refractivity contribution < 1.29 is 4.79 Å². The van der Waals surface area contributed by atoms with Gasteiger partial charge in [0.15, 0.2) is 0 Å². The van der Waals surface area contributed by atoms with Crippen molar-refractivity contribution in [3.05, 3.63) is 0 Å². The van der Waals surface area contributed by atoms with Crippen molar-refractivity contribution in [2.75, 3.05) is 45.8 Å². The zero-order valence-electron chi connectivity index (χ0n) is 12.8. The number of hydrogen-bond donors (Lipinski definition) is 0. The second-order valence-electron chi connectivity index (χ2n) is 6.16. The lowest BCUT2D eigenvalue weighted by molar-refractivity contribution is -0.139. The van der Waals surface area contributed by atoms with E-state index in [1.54, 1.807) is 0 Å². The smallest absolute Gasteiger partial charge is 0.225 e. The summed E-state index contributed by atoms with van der Waals surface area (Å²) in [6.07, 6.45) is 2.11. The minimum absolute atomic E-state index is 0.286. The summed E-state index contributed by atoms with van der Waals surface area (Å²) in [6, 6.07) is 0.602. The van der Waals surface area contributed by atoms with Crippen LogP contribution in [0.1, 0.15) is 33.6 Å². The third-order valence-corrected chi connectivity index (χ3v) is 4.74. The van der Waals surface area contributed by atoms with E-state index in [9.17, 15) is 4.79 Å². The maximum absolute atomic E-state index is 12.5. The van der Waals surface area contributed by atoms with Crippen LogP contribution in [0.5, 0.6) is 0 Å². The van der Waals surface area contributed by atoms with Crippen LogP contribution in [-0.2, 0) is 4.79 Å². The molecule has 0 atom stereocenters. The van der Waals surface area contributed by atoms with E-state index >= 15 is 0 Å². The molecule has 2 aliphatic heterocycles. The van der Waals surface area contributed by atoms with Crippen molar-refractivity contribution in [1.82, 2.24) is 14.7 Å². The molecule has 0 N–H and O–H groups in total. The summed E-state index contributed by atoms with van der Waals surface area (Å²) in [5.41, 5.74) is 0. The topological polar surface area (TPSA) is 26.8 Å². The van der Waals surface area contributed by atoms with Crippen molar-refractivity contribution >= 4 is 5.91 Å². The van der Waals surface area contributed by atoms with E-state index in [0.717, 1.165) is 58.7 Å². The molecule has 2 fully saturated rings. The molecule has 0 bridgehead atoms. The first-order valence-corrected chi connectivity index (χ1v) is 7.87. The first-order chi connectivity index (χ1) is 9.11. The predicted octanol–water partition coefficient (Wildman–Crippen LogP) is 1.27. The second kappa shape index (κ2) is 6.71. The normalized spacial score (nSPS) is 24.1. The maximum atomic E-state index is 12.5. The molecular weight excluding hydrogens is 238 g/mol. The van der Waals surface area contributed by atoms with Gasteiger partial charge in [0.05, 0.1) is 0 Å². The summed E-state index contributed by atoms with van der Waals surface area (Å²) >= 11 is 0. The highest BCUT2D eigenvalue weighted by molar-refractivity contribution is 5.79. The Morgan fingerprint density at radius 1 is 1.05 bits per heavy atom. The highest BCUT2D eigenvalue weighted by Gasteiger charge is 2.30. The molecule has 2 aliphatic rings. The Hall–Kier alpha value is -0.610. The molecule has 0 radical (unpaired) electrons. The number of nitrogens with zero attached hydrogens (tertiary/aromatic N) is 3. The number of carbonyl (C=O) groups excluding carboxylic acids is 1. The van der Waals surface area contributed by atoms with Gasteiger partial charge in [-0.2, -0.15) is 0 Å². The maximum Gasteiger partial charge on any atom is 0.225 e. The average Bonchev–Trinajstić information content (AvgIpc) is 2.46. The quantitative estimate of drug-likeness (QED) is 0.770. The summed E-state index contributed by atoms with van der Waals surface area (Å²) in [5.74, 6) is 0.701. The SMILES string of the molecule is CCN1CCC(C(=O)N2CCN(C(C)C)CC2)CC1. The molecule has 0 aromatic heterocycles. The number of likely N-dealkylation sites (tertiary alicyclic amines) is 1. The molecule has 19 heavy (non-hydrogen) atoms. The van der Waals surface area contributed by atoms with E-state index in [-0.39, 0.29) is 5.92 Å². The van der Waals surface area contributed by atoms with Gasteiger partial charge in [-0.1, -0.05) is 6.92 Å². The highest BCUT2D eigenvalue weighted by Crippen LogP contribution is 2.20. The van der Waals surface area contributed by atoms with E-state index in [1.807, 2.05) is 0 Å². The Kier molecular flexibility index (Phi) is 5.22. The van der Waals surface area contributed by atoms with Crippen molar-refractivity contribution in [1.29, 1.82) is 0 Å². The van der Waals surface area contributed by atoms with Crippen LogP contribution in [0.2, 0.25) is 0 Å². The van der Waals surface area contributed by atoms with Crippen molar-refractivity contribution in [3.8, 4) is 0 Å². The minimum Gasteiger partial charge on any atom is -0.340 e. The van der Waals surface area contributed by atoms with Crippen LogP contribution in [0, 0.1) is 5.92 Å². The monoisotopic (exact) mass is 267 g/mol. The molecule has 2 heterocycles. The molecule has 1 amide bonds. The minimum atomic E-state index is 0.286. The number of carbonyl (C=O) groups is 1. The van der Waals surface area contributed by atoms with E-state index in [2.05, 4.69) is 35.5 Å². The fourth-order valence-corrected chi connectivity index (χ4v) is 3.21. The first kappa shape index (κ1) is 14.8. The Balaban J connectivity index is 1.78. The summed E-state index contributed by atoms with van der Waals surface area (Å²) < 4.78 is 0. The summed E-state index contributed by atoms with van der Waals surface area (Å²) in [6.45, 7) is 13.9. The van der Waals surface area contributed by atoms with Gasteiger partial charge >= 0.3 is 0 Å². The van der Waals surface area contributed by atoms with Gasteiger partial charge in [-0.15, -0.1) is 0 Å². The van der Waals surface area contributed by atoms with Crippen LogP contribution in [0.3, 0.4) is 0 Å². The molecule has 2 saturated heterocycles. The van der Waals surface area contributed by atoms with Gasteiger partial charge in [0.25, 0.3) is 0 Å². The number of piperidine rings is 1. The Bertz CT molecular complexity index is 290. The molecule has 0 aromatic rings. The second-order valence-corrected chi connectivity index (χ2v) is 6.16. The van der Waals surface area contributed by atoms with Gasteiger partial charge in [0.1, 0.15) is 0 Å². The third-order valence-electron chi connectivity index (χ3n) is 4.74. The molecule has 4 nitrogen and oxygen atoms in total. The number of piperazine rings is 1. The van der Waals surface area contributed by atoms with Crippen LogP contribution in [0.25, 0.3) is 0 Å². The van der Waals surface area contributed by atoms with Gasteiger partial charge < -0.3 is 9.80 Å². The summed E-state index contributed by atoms with van der Waals surface area (Å²) in [5, 5.41) is 0. The van der Waals surface area contributed by atoms with Crippen LogP contribution >= 0.6 is 0 Å². The van der Waals surface area contributed by atoms with E-state index < -0.39 is 0 Å². The van der Waals surface area contributed by atoms with Gasteiger partial charge in [-0.05, 0) is 46.3 Å². The molecule has 110 valence electrons. The molecule has 0 unspecified atom stereocenters. The van der Waals surface area contributed by atoms with E-state index in [1.165, 1.54) is 0 Å². The largest absolute Gasteiger partial charge is 0.340 e. The van der Waals surface area contributed by atoms with E-state index in [0.29, 0.717) is 11.9 Å². The Labute approximate surface area is 117 Å². The fraction of sp³-hybridized carbons (Fsp3) is 0.933. The van der Waals surface area contributed by atoms with Crippen molar-refractivity contribution in [2.45, 2.75) is 39.7 Å². The summed E-state index contributed by atoms with van der Waals surface area (Å²) in [4.78, 5) is 19.5. The molecule has 2 rings (SSSR count). The summed E-state index contributed by atoms with van der Waals surface area (Å²) in [7, 11) is 0. The van der Waals surface area contributed by atoms with Crippen LogP contribution < -0.4 is 0 Å². The van der Waals surface area contributed by atoms with Crippen molar-refractivity contribution in [3.63, 3.8) is 0 Å². The zero-order valence-corrected chi connectivity index (χ0v) is 12.8. The fourth-order valence-electron chi connectivity index (χ4n) is 3.21. The highest BCUT2D eigenvalue weighted by atomic mass is 16.2. The van der Waals surface area contributed by atoms with Crippen LogP contribution in [0.4, 0.5) is 0 Å². The third kappa shape index (κ3) is 3.69. The average molecular weight is 267 g/mol. The van der Waals surface area contributed by atoms with Gasteiger partial charge in [0.2, 0.25) is 5.91 Å². The van der Waals surface area contributed by atoms with Crippen LogP contribution in [0.15, 0.2) is 0 Å². The predicted molar refractivity (Wildman–Crippen MR) is 78.1 cm³/mol. The first-order valence-electron chi connectivity index (χ1n) is 7.87. The van der Waals surface area contributed by atoms with E-state index in [4.69, 9.17) is 0 Å². The molecule has 0 saturated carbocycles.